The van der Waals surface area contributed by atoms with Crippen LogP contribution in [0, 0.1) is 16.2 Å². The third kappa shape index (κ3) is 2.45. The average molecular weight is 282 g/mol. The van der Waals surface area contributed by atoms with E-state index in [0.717, 1.165) is 12.8 Å². The fraction of sp³-hybridized carbons (Fsp3) is 0.875. The van der Waals surface area contributed by atoms with Crippen molar-refractivity contribution in [2.45, 2.75) is 66.4 Å². The Balaban J connectivity index is 2.16. The Hall–Kier alpha value is -1.06. The van der Waals surface area contributed by atoms with E-state index in [1.54, 1.807) is 6.92 Å². The van der Waals surface area contributed by atoms with Crippen LogP contribution in [-0.4, -0.2) is 24.1 Å². The second kappa shape index (κ2) is 4.22. The number of hydrogen-bond donors (Lipinski definition) is 0. The summed E-state index contributed by atoms with van der Waals surface area (Å²) in [6.45, 7) is 12.6. The first-order valence-electron chi connectivity index (χ1n) is 7.33. The van der Waals surface area contributed by atoms with Crippen molar-refractivity contribution in [1.29, 1.82) is 0 Å². The van der Waals surface area contributed by atoms with Gasteiger partial charge in [-0.25, -0.2) is 4.79 Å². The molecule has 2 rings (SSSR count). The van der Waals surface area contributed by atoms with Crippen LogP contribution < -0.4 is 0 Å². The van der Waals surface area contributed by atoms with Gasteiger partial charge in [-0.05, 0) is 30.6 Å². The number of esters is 2. The van der Waals surface area contributed by atoms with Gasteiger partial charge in [0, 0.05) is 6.42 Å². The summed E-state index contributed by atoms with van der Waals surface area (Å²) < 4.78 is 10.5. The molecule has 0 aromatic heterocycles. The second-order valence-electron chi connectivity index (χ2n) is 8.39. The van der Waals surface area contributed by atoms with E-state index in [9.17, 15) is 9.59 Å². The van der Waals surface area contributed by atoms with Crippen molar-refractivity contribution in [3.63, 3.8) is 0 Å². The van der Waals surface area contributed by atoms with E-state index in [0.29, 0.717) is 13.0 Å². The van der Waals surface area contributed by atoms with Crippen LogP contribution in [0.2, 0.25) is 0 Å². The molecule has 0 spiro atoms. The number of ether oxygens (including phenoxy) is 2. The SMILES string of the molecule is CC(C)(C)CC1(C(=O)OC2(C)CCOC2=O)CC1(C)C. The lowest BCUT2D eigenvalue weighted by Crippen LogP contribution is -2.41. The van der Waals surface area contributed by atoms with E-state index in [1.807, 2.05) is 0 Å². The van der Waals surface area contributed by atoms with E-state index in [-0.39, 0.29) is 16.8 Å². The molecular formula is C16H26O4. The van der Waals surface area contributed by atoms with Crippen molar-refractivity contribution in [2.75, 3.05) is 6.61 Å². The molecule has 1 heterocycles. The first kappa shape index (κ1) is 15.3. The van der Waals surface area contributed by atoms with E-state index in [2.05, 4.69) is 34.6 Å². The predicted octanol–water partition coefficient (Wildman–Crippen LogP) is 3.09. The van der Waals surface area contributed by atoms with E-state index in [4.69, 9.17) is 9.47 Å². The van der Waals surface area contributed by atoms with Crippen LogP contribution in [0.25, 0.3) is 0 Å². The molecular weight excluding hydrogens is 256 g/mol. The highest BCUT2D eigenvalue weighted by Gasteiger charge is 2.69. The van der Waals surface area contributed by atoms with Gasteiger partial charge in [0.25, 0.3) is 0 Å². The Kier molecular flexibility index (Phi) is 3.23. The molecule has 0 amide bonds. The van der Waals surface area contributed by atoms with Gasteiger partial charge in [0.05, 0.1) is 12.0 Å². The summed E-state index contributed by atoms with van der Waals surface area (Å²) in [5.41, 5.74) is -1.57. The Morgan fingerprint density at radius 3 is 2.20 bits per heavy atom. The first-order chi connectivity index (χ1) is 8.92. The van der Waals surface area contributed by atoms with Crippen molar-refractivity contribution in [1.82, 2.24) is 0 Å². The largest absolute Gasteiger partial charge is 0.463 e. The van der Waals surface area contributed by atoms with Gasteiger partial charge in [-0.3, -0.25) is 4.79 Å². The Bertz CT molecular complexity index is 446. The molecule has 0 bridgehead atoms. The lowest BCUT2D eigenvalue weighted by Gasteiger charge is -2.30. The average Bonchev–Trinajstić information content (AvgIpc) is 2.61. The maximum absolute atomic E-state index is 12.7. The minimum atomic E-state index is -1.10. The van der Waals surface area contributed by atoms with Gasteiger partial charge in [0.1, 0.15) is 0 Å². The Labute approximate surface area is 121 Å². The summed E-state index contributed by atoms with van der Waals surface area (Å²) in [5, 5.41) is 0. The summed E-state index contributed by atoms with van der Waals surface area (Å²) in [6, 6.07) is 0. The Morgan fingerprint density at radius 1 is 1.30 bits per heavy atom. The van der Waals surface area contributed by atoms with Crippen LogP contribution >= 0.6 is 0 Å². The lowest BCUT2D eigenvalue weighted by atomic mass is 9.79. The molecule has 2 unspecified atom stereocenters. The molecule has 1 saturated heterocycles. The molecule has 4 heteroatoms. The molecule has 1 aliphatic carbocycles. The van der Waals surface area contributed by atoms with Gasteiger partial charge in [-0.2, -0.15) is 0 Å². The summed E-state index contributed by atoms with van der Waals surface area (Å²) >= 11 is 0. The van der Waals surface area contributed by atoms with Crippen LogP contribution in [0.1, 0.15) is 60.8 Å². The molecule has 0 radical (unpaired) electrons. The summed E-state index contributed by atoms with van der Waals surface area (Å²) in [7, 11) is 0. The fourth-order valence-corrected chi connectivity index (χ4v) is 3.33. The third-order valence-corrected chi connectivity index (χ3v) is 4.70. The minimum absolute atomic E-state index is 0.0455. The van der Waals surface area contributed by atoms with Gasteiger partial charge in [-0.1, -0.05) is 34.6 Å². The molecule has 0 aromatic carbocycles. The van der Waals surface area contributed by atoms with Crippen molar-refractivity contribution in [3.8, 4) is 0 Å². The second-order valence-corrected chi connectivity index (χ2v) is 8.39. The van der Waals surface area contributed by atoms with Gasteiger partial charge in [0.15, 0.2) is 0 Å². The number of cyclic esters (lactones) is 1. The third-order valence-electron chi connectivity index (χ3n) is 4.70. The molecule has 114 valence electrons. The van der Waals surface area contributed by atoms with Gasteiger partial charge in [0.2, 0.25) is 5.60 Å². The number of carbonyl (C=O) groups excluding carboxylic acids is 2. The van der Waals surface area contributed by atoms with Crippen molar-refractivity contribution < 1.29 is 19.1 Å². The molecule has 2 aliphatic rings. The smallest absolute Gasteiger partial charge is 0.350 e. The number of rotatable bonds is 3. The van der Waals surface area contributed by atoms with Crippen molar-refractivity contribution >= 4 is 11.9 Å². The summed E-state index contributed by atoms with van der Waals surface area (Å²) in [5.74, 6) is -0.658. The standard InChI is InChI=1S/C16H26O4/c1-13(2,3)9-16(10-14(16,4)5)12(18)20-15(6)7-8-19-11(15)17/h7-10H2,1-6H3. The molecule has 1 saturated carbocycles. The van der Waals surface area contributed by atoms with Crippen LogP contribution in [-0.2, 0) is 19.1 Å². The topological polar surface area (TPSA) is 52.6 Å². The van der Waals surface area contributed by atoms with Crippen LogP contribution in [0.15, 0.2) is 0 Å². The maximum Gasteiger partial charge on any atom is 0.350 e. The van der Waals surface area contributed by atoms with E-state index < -0.39 is 17.0 Å². The lowest BCUT2D eigenvalue weighted by molar-refractivity contribution is -0.177. The zero-order chi connectivity index (χ0) is 15.4. The number of hydrogen-bond acceptors (Lipinski definition) is 4. The van der Waals surface area contributed by atoms with Gasteiger partial charge in [-0.15, -0.1) is 0 Å². The van der Waals surface area contributed by atoms with Gasteiger partial charge < -0.3 is 9.47 Å². The van der Waals surface area contributed by atoms with Gasteiger partial charge >= 0.3 is 11.9 Å². The normalized spacial score (nSPS) is 35.6. The molecule has 2 atom stereocenters. The number of carbonyl (C=O) groups is 2. The fourth-order valence-electron chi connectivity index (χ4n) is 3.33. The molecule has 2 fully saturated rings. The molecule has 4 nitrogen and oxygen atoms in total. The van der Waals surface area contributed by atoms with E-state index >= 15 is 0 Å². The zero-order valence-electron chi connectivity index (χ0n) is 13.5. The molecule has 0 aromatic rings. The van der Waals surface area contributed by atoms with Crippen molar-refractivity contribution in [3.05, 3.63) is 0 Å². The Morgan fingerprint density at radius 2 is 1.85 bits per heavy atom. The van der Waals surface area contributed by atoms with E-state index in [1.165, 1.54) is 0 Å². The molecule has 1 aliphatic heterocycles. The van der Waals surface area contributed by atoms with Crippen LogP contribution in [0.4, 0.5) is 0 Å². The molecule has 20 heavy (non-hydrogen) atoms. The summed E-state index contributed by atoms with van der Waals surface area (Å²) in [6.07, 6.45) is 2.04. The van der Waals surface area contributed by atoms with Crippen molar-refractivity contribution in [2.24, 2.45) is 16.2 Å². The predicted molar refractivity (Wildman–Crippen MR) is 75.0 cm³/mol. The first-order valence-corrected chi connectivity index (χ1v) is 7.33. The minimum Gasteiger partial charge on any atom is -0.463 e. The van der Waals surface area contributed by atoms with Crippen LogP contribution in [0.3, 0.4) is 0 Å². The maximum atomic E-state index is 12.7. The summed E-state index contributed by atoms with van der Waals surface area (Å²) in [4.78, 5) is 24.4. The highest BCUT2D eigenvalue weighted by Crippen LogP contribution is 2.68. The monoisotopic (exact) mass is 282 g/mol. The van der Waals surface area contributed by atoms with Crippen LogP contribution in [0.5, 0.6) is 0 Å². The quantitative estimate of drug-likeness (QED) is 0.746. The molecule has 0 N–H and O–H groups in total. The highest BCUT2D eigenvalue weighted by molar-refractivity contribution is 5.88. The zero-order valence-corrected chi connectivity index (χ0v) is 13.5. The highest BCUT2D eigenvalue weighted by atomic mass is 16.6.